The second-order valence-corrected chi connectivity index (χ2v) is 19.2. The Morgan fingerprint density at radius 2 is 1.09 bits per heavy atom. The van der Waals surface area contributed by atoms with E-state index >= 15 is 0 Å². The molecule has 69 heavy (non-hydrogen) atoms. The molecule has 0 unspecified atom stereocenters. The number of aliphatic hydroxyl groups excluding tert-OH is 2. The number of nitrogens with one attached hydrogen (secondary N) is 7. The molecular weight excluding hydrogens is 895 g/mol. The summed E-state index contributed by atoms with van der Waals surface area (Å²) < 4.78 is 0. The summed E-state index contributed by atoms with van der Waals surface area (Å²) in [6.45, 7) is 16.2. The lowest BCUT2D eigenvalue weighted by Crippen LogP contribution is -2.63. The number of carbonyl (C=O) groups excluding carboxylic acids is 8. The van der Waals surface area contributed by atoms with Crippen molar-refractivity contribution in [3.8, 4) is 0 Å². The minimum atomic E-state index is -1.70. The van der Waals surface area contributed by atoms with Crippen LogP contribution < -0.4 is 43.0 Å². The highest BCUT2D eigenvalue weighted by molar-refractivity contribution is 5.98. The number of nitrogens with zero attached hydrogens (tertiary/aromatic N) is 1. The molecular formula is C48H79N9O12. The van der Waals surface area contributed by atoms with Crippen LogP contribution in [0.4, 0.5) is 0 Å². The van der Waals surface area contributed by atoms with Crippen molar-refractivity contribution in [2.75, 3.05) is 13.2 Å². The molecule has 0 radical (unpaired) electrons. The largest absolute Gasteiger partial charge is 0.480 e. The molecule has 1 aromatic carbocycles. The van der Waals surface area contributed by atoms with Gasteiger partial charge in [-0.25, -0.2) is 4.79 Å². The summed E-state index contributed by atoms with van der Waals surface area (Å²) >= 11 is 0. The Labute approximate surface area is 406 Å². The zero-order chi connectivity index (χ0) is 52.3. The maximum absolute atomic E-state index is 14.2. The van der Waals surface area contributed by atoms with Gasteiger partial charge in [0.1, 0.15) is 48.3 Å². The first kappa shape index (κ1) is 59.5. The van der Waals surface area contributed by atoms with Gasteiger partial charge in [-0.2, -0.15) is 0 Å². The topological polar surface area (TPSA) is 328 Å². The molecule has 21 heteroatoms. The molecule has 1 saturated heterocycles. The second kappa shape index (κ2) is 28.7. The number of hydrogen-bond acceptors (Lipinski definition) is 12. The summed E-state index contributed by atoms with van der Waals surface area (Å²) in [5.74, 6) is -8.41. The van der Waals surface area contributed by atoms with Crippen LogP contribution in [0.15, 0.2) is 30.3 Å². The highest BCUT2D eigenvalue weighted by Gasteiger charge is 2.41. The zero-order valence-electron chi connectivity index (χ0n) is 41.9. The van der Waals surface area contributed by atoms with E-state index in [0.717, 1.165) is 0 Å². The number of carbonyl (C=O) groups is 9. The van der Waals surface area contributed by atoms with E-state index < -0.39 is 126 Å². The standard InChI is InChI=1S/C48H79N9O12/c1-11-27(7)37(54-40(60)29(9)49)45(65)51-33(21-25(3)4)47(67)57-20-16-19-36(57)43(63)56-39(30(10)59)46(66)53-35(24-58)42(62)55-38(28(8)12-2)44(64)50-32(23-31-17-14-13-15-18-31)41(61)52-34(48(68)69)22-26(5)6/h13-15,17-18,25-30,32-39,58-59H,11-12,16,19-24,49H2,1-10H3,(H,50,64)(H,51,65)(H,52,61)(H,53,66)(H,54,60)(H,55,62)(H,56,63)(H,68,69)/t27-,28-,29-,30+,32-,33-,34-,35-,36-,37-,38-,39-/m0/s1. The van der Waals surface area contributed by atoms with Crippen LogP contribution in [0, 0.1) is 23.7 Å². The molecule has 0 aromatic heterocycles. The van der Waals surface area contributed by atoms with E-state index in [2.05, 4.69) is 37.2 Å². The fourth-order valence-corrected chi connectivity index (χ4v) is 7.80. The number of nitrogens with two attached hydrogens (primary N) is 1. The van der Waals surface area contributed by atoms with Crippen LogP contribution in [0.25, 0.3) is 0 Å². The number of hydrogen-bond donors (Lipinski definition) is 11. The Morgan fingerprint density at radius 3 is 1.57 bits per heavy atom. The van der Waals surface area contributed by atoms with E-state index in [4.69, 9.17) is 5.73 Å². The predicted molar refractivity (Wildman–Crippen MR) is 256 cm³/mol. The van der Waals surface area contributed by atoms with Crippen molar-refractivity contribution in [3.63, 3.8) is 0 Å². The molecule has 388 valence electrons. The lowest BCUT2D eigenvalue weighted by molar-refractivity contribution is -0.143. The Balaban J connectivity index is 2.29. The molecule has 1 aliphatic rings. The van der Waals surface area contributed by atoms with Gasteiger partial charge in [-0.05, 0) is 68.8 Å². The number of carboxylic acid groups (broad SMARTS) is 1. The molecule has 1 aromatic rings. The number of aliphatic carboxylic acids is 1. The number of likely N-dealkylation sites (tertiary alicyclic amines) is 1. The van der Waals surface area contributed by atoms with Gasteiger partial charge in [0.05, 0.1) is 18.8 Å². The third-order valence-electron chi connectivity index (χ3n) is 12.3. The van der Waals surface area contributed by atoms with E-state index in [1.807, 2.05) is 20.8 Å². The summed E-state index contributed by atoms with van der Waals surface area (Å²) in [7, 11) is 0. The summed E-state index contributed by atoms with van der Waals surface area (Å²) in [6.07, 6.45) is 0.214. The average molecular weight is 974 g/mol. The number of rotatable bonds is 28. The first-order chi connectivity index (χ1) is 32.4. The number of amides is 8. The van der Waals surface area contributed by atoms with E-state index in [1.165, 1.54) is 18.7 Å². The van der Waals surface area contributed by atoms with Crippen LogP contribution >= 0.6 is 0 Å². The first-order valence-corrected chi connectivity index (χ1v) is 24.1. The Kier molecular flexibility index (Phi) is 24.8. The smallest absolute Gasteiger partial charge is 0.326 e. The minimum Gasteiger partial charge on any atom is -0.480 e. The minimum absolute atomic E-state index is 0.0218. The van der Waals surface area contributed by atoms with Gasteiger partial charge < -0.3 is 63.2 Å². The first-order valence-electron chi connectivity index (χ1n) is 24.1. The fourth-order valence-electron chi connectivity index (χ4n) is 7.80. The van der Waals surface area contributed by atoms with Crippen LogP contribution in [0.1, 0.15) is 113 Å². The Morgan fingerprint density at radius 1 is 0.623 bits per heavy atom. The van der Waals surface area contributed by atoms with E-state index in [0.29, 0.717) is 24.8 Å². The monoisotopic (exact) mass is 974 g/mol. The van der Waals surface area contributed by atoms with Crippen molar-refractivity contribution in [1.29, 1.82) is 0 Å². The molecule has 0 spiro atoms. The molecule has 1 fully saturated rings. The van der Waals surface area contributed by atoms with Crippen molar-refractivity contribution >= 4 is 53.2 Å². The lowest BCUT2D eigenvalue weighted by Gasteiger charge is -2.32. The van der Waals surface area contributed by atoms with Gasteiger partial charge in [0.2, 0.25) is 47.3 Å². The van der Waals surface area contributed by atoms with E-state index in [9.17, 15) is 58.5 Å². The number of carboxylic acids is 1. The molecule has 21 nitrogen and oxygen atoms in total. The van der Waals surface area contributed by atoms with Gasteiger partial charge in [0.25, 0.3) is 0 Å². The van der Waals surface area contributed by atoms with E-state index in [-0.39, 0.29) is 50.0 Å². The van der Waals surface area contributed by atoms with Crippen LogP contribution in [0.5, 0.6) is 0 Å². The molecule has 8 amide bonds. The predicted octanol–water partition coefficient (Wildman–Crippen LogP) is -0.397. The summed E-state index contributed by atoms with van der Waals surface area (Å²) in [5.41, 5.74) is 6.40. The summed E-state index contributed by atoms with van der Waals surface area (Å²) in [5, 5.41) is 48.9. The second-order valence-electron chi connectivity index (χ2n) is 19.2. The fraction of sp³-hybridized carbons (Fsp3) is 0.688. The van der Waals surface area contributed by atoms with Crippen molar-refractivity contribution in [3.05, 3.63) is 35.9 Å². The number of benzene rings is 1. The quantitative estimate of drug-likeness (QED) is 0.0510. The lowest BCUT2D eigenvalue weighted by atomic mass is 9.96. The van der Waals surface area contributed by atoms with Crippen molar-refractivity contribution in [2.24, 2.45) is 29.4 Å². The maximum atomic E-state index is 14.2. The normalized spacial score (nSPS) is 18.4. The molecule has 1 aliphatic heterocycles. The third kappa shape index (κ3) is 18.6. The molecule has 12 N–H and O–H groups in total. The molecule has 0 aliphatic carbocycles. The number of aliphatic hydroxyl groups is 2. The van der Waals surface area contributed by atoms with Crippen LogP contribution in [-0.4, -0.2) is 147 Å². The summed E-state index contributed by atoms with van der Waals surface area (Å²) in [4.78, 5) is 123. The Hall–Kier alpha value is -5.67. The van der Waals surface area contributed by atoms with Crippen LogP contribution in [-0.2, 0) is 49.6 Å². The highest BCUT2D eigenvalue weighted by atomic mass is 16.4. The van der Waals surface area contributed by atoms with Crippen molar-refractivity contribution < 1.29 is 58.5 Å². The Bertz CT molecular complexity index is 1900. The highest BCUT2D eigenvalue weighted by Crippen LogP contribution is 2.22. The van der Waals surface area contributed by atoms with Crippen LogP contribution in [0.2, 0.25) is 0 Å². The van der Waals surface area contributed by atoms with Gasteiger partial charge in [-0.3, -0.25) is 38.4 Å². The van der Waals surface area contributed by atoms with Crippen molar-refractivity contribution in [1.82, 2.24) is 42.1 Å². The van der Waals surface area contributed by atoms with Gasteiger partial charge in [-0.1, -0.05) is 98.6 Å². The molecule has 2 rings (SSSR count). The zero-order valence-corrected chi connectivity index (χ0v) is 41.9. The summed E-state index contributed by atoms with van der Waals surface area (Å²) in [6, 6.07) is -2.60. The van der Waals surface area contributed by atoms with Crippen LogP contribution in [0.3, 0.4) is 0 Å². The van der Waals surface area contributed by atoms with Gasteiger partial charge in [-0.15, -0.1) is 0 Å². The third-order valence-corrected chi connectivity index (χ3v) is 12.3. The maximum Gasteiger partial charge on any atom is 0.326 e. The molecule has 0 saturated carbocycles. The van der Waals surface area contributed by atoms with Gasteiger partial charge in [0, 0.05) is 13.0 Å². The average Bonchev–Trinajstić information content (AvgIpc) is 3.79. The van der Waals surface area contributed by atoms with E-state index in [1.54, 1.807) is 65.0 Å². The van der Waals surface area contributed by atoms with Gasteiger partial charge >= 0.3 is 5.97 Å². The molecule has 1 heterocycles. The molecule has 12 atom stereocenters. The molecule has 0 bridgehead atoms. The van der Waals surface area contributed by atoms with Crippen molar-refractivity contribution in [2.45, 2.75) is 175 Å². The van der Waals surface area contributed by atoms with Gasteiger partial charge in [0.15, 0.2) is 0 Å². The SMILES string of the molecule is CC[C@H](C)[C@H](NC(=O)[C@H](C)N)C(=O)N[C@@H](CC(C)C)C(=O)N1CCC[C@H]1C(=O)N[C@H](C(=O)N[C@@H](CO)C(=O)N[C@H](C(=O)N[C@@H](Cc1ccccc1)C(=O)N[C@@H](CC(C)C)C(=O)O)[C@@H](C)CC)[C@@H](C)O.